The van der Waals surface area contributed by atoms with Gasteiger partial charge in [-0.25, -0.2) is 10.9 Å². The van der Waals surface area contributed by atoms with E-state index in [-0.39, 0.29) is 17.9 Å². The van der Waals surface area contributed by atoms with Gasteiger partial charge < -0.3 is 0 Å². The van der Waals surface area contributed by atoms with Gasteiger partial charge in [0.1, 0.15) is 5.78 Å². The van der Waals surface area contributed by atoms with E-state index < -0.39 is 0 Å². The summed E-state index contributed by atoms with van der Waals surface area (Å²) in [7, 11) is 0. The van der Waals surface area contributed by atoms with Crippen LogP contribution in [0, 0.1) is 0 Å². The average Bonchev–Trinajstić information content (AvgIpc) is 2.68. The molecule has 1 aromatic carbocycles. The van der Waals surface area contributed by atoms with E-state index >= 15 is 0 Å². The number of Topliss-reactive ketones (excluding diaryl/α,β-unsaturated/α-hetero) is 1. The Kier molecular flexibility index (Phi) is 3.05. The van der Waals surface area contributed by atoms with Gasteiger partial charge in [0.15, 0.2) is 0 Å². The third kappa shape index (κ3) is 2.37. The van der Waals surface area contributed by atoms with Gasteiger partial charge in [0.25, 0.3) is 0 Å². The van der Waals surface area contributed by atoms with Gasteiger partial charge >= 0.3 is 0 Å². The van der Waals surface area contributed by atoms with Gasteiger partial charge in [-0.3, -0.25) is 4.79 Å². The molecule has 0 aliphatic carbocycles. The SMILES string of the molecule is CC(=O)C1CC(c2ccc(Cl)cc2)NN1. The standard InChI is InChI=1S/C11H13ClN2O/c1-7(15)10-6-11(14-13-10)8-2-4-9(12)5-3-8/h2-5,10-11,13-14H,6H2,1H3. The van der Waals surface area contributed by atoms with Crippen molar-refractivity contribution in [2.24, 2.45) is 0 Å². The van der Waals surface area contributed by atoms with Crippen LogP contribution in [-0.4, -0.2) is 11.8 Å². The van der Waals surface area contributed by atoms with Crippen LogP contribution < -0.4 is 10.9 Å². The first-order chi connectivity index (χ1) is 7.16. The van der Waals surface area contributed by atoms with E-state index in [9.17, 15) is 4.79 Å². The smallest absolute Gasteiger partial charge is 0.148 e. The molecule has 0 aromatic heterocycles. The molecule has 1 saturated heterocycles. The number of hydrazine groups is 1. The molecule has 2 unspecified atom stereocenters. The Morgan fingerprint density at radius 2 is 2.00 bits per heavy atom. The van der Waals surface area contributed by atoms with Crippen molar-refractivity contribution >= 4 is 17.4 Å². The molecule has 1 aliphatic heterocycles. The Hall–Kier alpha value is -0.900. The number of hydrogen-bond donors (Lipinski definition) is 2. The van der Waals surface area contributed by atoms with Crippen molar-refractivity contribution in [2.45, 2.75) is 25.4 Å². The third-order valence-electron chi connectivity index (χ3n) is 2.67. The molecule has 0 spiro atoms. The molecule has 3 nitrogen and oxygen atoms in total. The Morgan fingerprint density at radius 1 is 1.33 bits per heavy atom. The zero-order valence-electron chi connectivity index (χ0n) is 8.46. The van der Waals surface area contributed by atoms with Gasteiger partial charge in [0, 0.05) is 11.1 Å². The molecule has 0 bridgehead atoms. The van der Waals surface area contributed by atoms with Crippen LogP contribution in [0.4, 0.5) is 0 Å². The normalized spacial score (nSPS) is 25.5. The molecular formula is C11H13ClN2O. The van der Waals surface area contributed by atoms with Crippen LogP contribution in [-0.2, 0) is 4.79 Å². The van der Waals surface area contributed by atoms with E-state index in [0.29, 0.717) is 0 Å². The zero-order valence-corrected chi connectivity index (χ0v) is 9.21. The monoisotopic (exact) mass is 224 g/mol. The van der Waals surface area contributed by atoms with Crippen LogP contribution in [0.25, 0.3) is 0 Å². The maximum atomic E-state index is 11.2. The molecule has 2 N–H and O–H groups in total. The molecule has 0 amide bonds. The molecule has 1 fully saturated rings. The van der Waals surface area contributed by atoms with Crippen LogP contribution in [0.2, 0.25) is 5.02 Å². The molecule has 80 valence electrons. The van der Waals surface area contributed by atoms with E-state index in [2.05, 4.69) is 10.9 Å². The van der Waals surface area contributed by atoms with E-state index in [4.69, 9.17) is 11.6 Å². The van der Waals surface area contributed by atoms with Crippen LogP contribution in [0.5, 0.6) is 0 Å². The Labute approximate surface area is 93.8 Å². The molecule has 15 heavy (non-hydrogen) atoms. The van der Waals surface area contributed by atoms with Crippen molar-refractivity contribution in [1.82, 2.24) is 10.9 Å². The highest BCUT2D eigenvalue weighted by atomic mass is 35.5. The summed E-state index contributed by atoms with van der Waals surface area (Å²) in [5, 5.41) is 0.729. The quantitative estimate of drug-likeness (QED) is 0.806. The van der Waals surface area contributed by atoms with Crippen LogP contribution in [0.3, 0.4) is 0 Å². The first-order valence-electron chi connectivity index (χ1n) is 4.94. The van der Waals surface area contributed by atoms with E-state index in [0.717, 1.165) is 17.0 Å². The summed E-state index contributed by atoms with van der Waals surface area (Å²) in [6.45, 7) is 1.60. The van der Waals surface area contributed by atoms with Gasteiger partial charge in [-0.2, -0.15) is 0 Å². The summed E-state index contributed by atoms with van der Waals surface area (Å²) in [5.74, 6) is 0.166. The first kappa shape index (κ1) is 10.6. The number of benzene rings is 1. The molecule has 1 heterocycles. The van der Waals surface area contributed by atoms with Crippen LogP contribution >= 0.6 is 11.6 Å². The minimum atomic E-state index is -0.0781. The minimum Gasteiger partial charge on any atom is -0.298 e. The molecular weight excluding hydrogens is 212 g/mol. The predicted molar refractivity (Wildman–Crippen MR) is 59.6 cm³/mol. The summed E-state index contributed by atoms with van der Waals surface area (Å²) in [6.07, 6.45) is 0.789. The van der Waals surface area contributed by atoms with Crippen molar-refractivity contribution in [3.63, 3.8) is 0 Å². The van der Waals surface area contributed by atoms with Gasteiger partial charge in [0.05, 0.1) is 6.04 Å². The van der Waals surface area contributed by atoms with Crippen molar-refractivity contribution < 1.29 is 4.79 Å². The van der Waals surface area contributed by atoms with Crippen LogP contribution in [0.15, 0.2) is 24.3 Å². The number of halogens is 1. The van der Waals surface area contributed by atoms with Gasteiger partial charge in [-0.1, -0.05) is 23.7 Å². The van der Waals surface area contributed by atoms with Crippen molar-refractivity contribution in [3.05, 3.63) is 34.9 Å². The second-order valence-electron chi connectivity index (χ2n) is 3.79. The fourth-order valence-corrected chi connectivity index (χ4v) is 1.86. The lowest BCUT2D eigenvalue weighted by Gasteiger charge is -2.08. The predicted octanol–water partition coefficient (Wildman–Crippen LogP) is 1.84. The summed E-state index contributed by atoms with van der Waals surface area (Å²) >= 11 is 5.81. The fourth-order valence-electron chi connectivity index (χ4n) is 1.74. The number of carbonyl (C=O) groups excluding carboxylic acids is 1. The number of hydrogen-bond acceptors (Lipinski definition) is 3. The molecule has 1 aromatic rings. The topological polar surface area (TPSA) is 41.1 Å². The van der Waals surface area contributed by atoms with Crippen LogP contribution in [0.1, 0.15) is 24.9 Å². The number of ketones is 1. The Balaban J connectivity index is 2.07. The summed E-state index contributed by atoms with van der Waals surface area (Å²) in [5.41, 5.74) is 7.25. The highest BCUT2D eigenvalue weighted by Gasteiger charge is 2.27. The average molecular weight is 225 g/mol. The maximum Gasteiger partial charge on any atom is 0.148 e. The second kappa shape index (κ2) is 4.31. The fraction of sp³-hybridized carbons (Fsp3) is 0.364. The lowest BCUT2D eigenvalue weighted by Crippen LogP contribution is -2.35. The molecule has 0 radical (unpaired) electrons. The Morgan fingerprint density at radius 3 is 2.53 bits per heavy atom. The number of rotatable bonds is 2. The van der Waals surface area contributed by atoms with E-state index in [1.807, 2.05) is 24.3 Å². The minimum absolute atomic E-state index is 0.0781. The van der Waals surface area contributed by atoms with Crippen molar-refractivity contribution in [3.8, 4) is 0 Å². The van der Waals surface area contributed by atoms with Gasteiger partial charge in [-0.05, 0) is 31.0 Å². The second-order valence-corrected chi connectivity index (χ2v) is 4.23. The number of carbonyl (C=O) groups is 1. The molecule has 4 heteroatoms. The zero-order chi connectivity index (χ0) is 10.8. The molecule has 0 saturated carbocycles. The first-order valence-corrected chi connectivity index (χ1v) is 5.31. The van der Waals surface area contributed by atoms with Crippen molar-refractivity contribution in [2.75, 3.05) is 0 Å². The van der Waals surface area contributed by atoms with Gasteiger partial charge in [0.2, 0.25) is 0 Å². The Bertz CT molecular complexity index is 363. The summed E-state index contributed by atoms with van der Waals surface area (Å²) < 4.78 is 0. The summed E-state index contributed by atoms with van der Waals surface area (Å²) in [6, 6.07) is 7.79. The molecule has 2 atom stereocenters. The third-order valence-corrected chi connectivity index (χ3v) is 2.92. The molecule has 1 aliphatic rings. The van der Waals surface area contributed by atoms with E-state index in [1.54, 1.807) is 6.92 Å². The van der Waals surface area contributed by atoms with Crippen molar-refractivity contribution in [1.29, 1.82) is 0 Å². The largest absolute Gasteiger partial charge is 0.298 e. The van der Waals surface area contributed by atoms with E-state index in [1.165, 1.54) is 0 Å². The number of nitrogens with one attached hydrogen (secondary N) is 2. The molecule has 2 rings (SSSR count). The lowest BCUT2D eigenvalue weighted by atomic mass is 10.0. The highest BCUT2D eigenvalue weighted by molar-refractivity contribution is 6.30. The maximum absolute atomic E-state index is 11.2. The van der Waals surface area contributed by atoms with Gasteiger partial charge in [-0.15, -0.1) is 0 Å². The lowest BCUT2D eigenvalue weighted by molar-refractivity contribution is -0.118. The summed E-state index contributed by atoms with van der Waals surface area (Å²) in [4.78, 5) is 11.2. The highest BCUT2D eigenvalue weighted by Crippen LogP contribution is 2.23.